The Morgan fingerprint density at radius 3 is 2.61 bits per heavy atom. The highest BCUT2D eigenvalue weighted by atomic mass is 16.6. The van der Waals surface area contributed by atoms with Crippen molar-refractivity contribution in [1.29, 1.82) is 0 Å². The van der Waals surface area contributed by atoms with Gasteiger partial charge in [-0.05, 0) is 20.3 Å². The van der Waals surface area contributed by atoms with E-state index < -0.39 is 5.60 Å². The first-order valence-electron chi connectivity index (χ1n) is 6.77. The molecule has 0 radical (unpaired) electrons. The summed E-state index contributed by atoms with van der Waals surface area (Å²) in [4.78, 5) is 0. The molecule has 104 valence electrons. The summed E-state index contributed by atoms with van der Waals surface area (Å²) >= 11 is 0. The molecule has 0 bridgehead atoms. The number of ether oxygens (including phenoxy) is 1. The van der Waals surface area contributed by atoms with Crippen LogP contribution in [0, 0.1) is 5.92 Å². The highest BCUT2D eigenvalue weighted by molar-refractivity contribution is 5.10. The number of aliphatic hydroxyl groups is 2. The molecule has 0 saturated carbocycles. The van der Waals surface area contributed by atoms with Crippen molar-refractivity contribution in [3.8, 4) is 0 Å². The zero-order valence-electron chi connectivity index (χ0n) is 11.8. The number of hydrogen-bond acceptors (Lipinski definition) is 3. The number of aliphatic hydroxyl groups excluding tert-OH is 1. The summed E-state index contributed by atoms with van der Waals surface area (Å²) in [5.74, 6) is 0.135. The van der Waals surface area contributed by atoms with Crippen molar-refractivity contribution in [3.05, 3.63) is 24.3 Å². The molecule has 1 heterocycles. The van der Waals surface area contributed by atoms with Crippen molar-refractivity contribution in [3.63, 3.8) is 0 Å². The maximum absolute atomic E-state index is 10.2. The van der Waals surface area contributed by atoms with Gasteiger partial charge in [0.15, 0.2) is 0 Å². The Hall–Kier alpha value is -0.640. The third-order valence-corrected chi connectivity index (χ3v) is 3.54. The molecule has 5 unspecified atom stereocenters. The molecule has 0 aromatic carbocycles. The number of hydrogen-bond donors (Lipinski definition) is 2. The van der Waals surface area contributed by atoms with Crippen molar-refractivity contribution in [2.45, 2.75) is 64.4 Å². The predicted molar refractivity (Wildman–Crippen MR) is 73.3 cm³/mol. The number of allylic oxidation sites excluding steroid dienone is 3. The Bertz CT molecular complexity index is 307. The maximum atomic E-state index is 10.2. The van der Waals surface area contributed by atoms with E-state index >= 15 is 0 Å². The second-order valence-corrected chi connectivity index (χ2v) is 5.42. The molecule has 3 heteroatoms. The molecule has 5 atom stereocenters. The minimum atomic E-state index is -0.851. The zero-order chi connectivity index (χ0) is 13.8. The number of epoxide rings is 1. The second-order valence-electron chi connectivity index (χ2n) is 5.42. The smallest absolute Gasteiger partial charge is 0.0893 e. The molecule has 0 aromatic heterocycles. The van der Waals surface area contributed by atoms with E-state index in [1.54, 1.807) is 13.0 Å². The topological polar surface area (TPSA) is 53.0 Å². The molecule has 0 aliphatic carbocycles. The van der Waals surface area contributed by atoms with Gasteiger partial charge >= 0.3 is 0 Å². The van der Waals surface area contributed by atoms with E-state index in [0.29, 0.717) is 6.42 Å². The van der Waals surface area contributed by atoms with Crippen molar-refractivity contribution in [1.82, 2.24) is 0 Å². The normalized spacial score (nSPS) is 30.6. The Balaban J connectivity index is 2.42. The van der Waals surface area contributed by atoms with Gasteiger partial charge < -0.3 is 14.9 Å². The average Bonchev–Trinajstić information content (AvgIpc) is 3.05. The van der Waals surface area contributed by atoms with Crippen molar-refractivity contribution >= 4 is 0 Å². The van der Waals surface area contributed by atoms with Crippen LogP contribution in [0.2, 0.25) is 0 Å². The van der Waals surface area contributed by atoms with E-state index in [9.17, 15) is 10.2 Å². The summed E-state index contributed by atoms with van der Waals surface area (Å²) in [6.45, 7) is 7.69. The van der Waals surface area contributed by atoms with Crippen LogP contribution in [0.4, 0.5) is 0 Å². The lowest BCUT2D eigenvalue weighted by Crippen LogP contribution is -2.27. The molecule has 0 amide bonds. The minimum absolute atomic E-state index is 0.0615. The van der Waals surface area contributed by atoms with E-state index in [1.165, 1.54) is 0 Å². The van der Waals surface area contributed by atoms with Crippen molar-refractivity contribution < 1.29 is 14.9 Å². The lowest BCUT2D eigenvalue weighted by atomic mass is 9.92. The quantitative estimate of drug-likeness (QED) is 0.542. The summed E-state index contributed by atoms with van der Waals surface area (Å²) in [6, 6.07) is 0. The highest BCUT2D eigenvalue weighted by Crippen LogP contribution is 2.37. The van der Waals surface area contributed by atoms with Gasteiger partial charge in [-0.15, -0.1) is 0 Å². The van der Waals surface area contributed by atoms with E-state index in [1.807, 2.05) is 39.0 Å². The Morgan fingerprint density at radius 2 is 2.06 bits per heavy atom. The number of rotatable bonds is 7. The molecule has 1 fully saturated rings. The summed E-state index contributed by atoms with van der Waals surface area (Å²) < 4.78 is 5.57. The first-order valence-corrected chi connectivity index (χ1v) is 6.77. The first-order chi connectivity index (χ1) is 8.41. The molecule has 1 aliphatic heterocycles. The standard InChI is InChI=1S/C15H26O3/c1-5-7-8-9-15(4,17)10-13-14(18-13)11(3)12(16)6-2/h5,7-9,11-14,16-17H,6,10H2,1-4H3/b7-5-,9-8+. The van der Waals surface area contributed by atoms with Crippen LogP contribution < -0.4 is 0 Å². The summed E-state index contributed by atoms with van der Waals surface area (Å²) in [5.41, 5.74) is -0.851. The highest BCUT2D eigenvalue weighted by Gasteiger charge is 2.47. The SMILES string of the molecule is C/C=C\C=C\C(C)(O)CC1OC1C(C)C(O)CC. The van der Waals surface area contributed by atoms with Gasteiger partial charge in [0.05, 0.1) is 23.9 Å². The molecule has 0 aromatic rings. The molecule has 1 aliphatic rings. The fraction of sp³-hybridized carbons (Fsp3) is 0.733. The van der Waals surface area contributed by atoms with Gasteiger partial charge in [-0.3, -0.25) is 0 Å². The van der Waals surface area contributed by atoms with Gasteiger partial charge in [-0.1, -0.05) is 38.2 Å². The van der Waals surface area contributed by atoms with Crippen LogP contribution in [0.15, 0.2) is 24.3 Å². The third-order valence-electron chi connectivity index (χ3n) is 3.54. The molecule has 1 saturated heterocycles. The largest absolute Gasteiger partial charge is 0.393 e. The van der Waals surface area contributed by atoms with Crippen LogP contribution in [0.3, 0.4) is 0 Å². The fourth-order valence-corrected chi connectivity index (χ4v) is 2.22. The molecule has 3 nitrogen and oxygen atoms in total. The molecule has 18 heavy (non-hydrogen) atoms. The molecular weight excluding hydrogens is 228 g/mol. The van der Waals surface area contributed by atoms with Gasteiger partial charge in [-0.2, -0.15) is 0 Å². The van der Waals surface area contributed by atoms with E-state index in [4.69, 9.17) is 4.74 Å². The minimum Gasteiger partial charge on any atom is -0.393 e. The van der Waals surface area contributed by atoms with Gasteiger partial charge in [0.2, 0.25) is 0 Å². The van der Waals surface area contributed by atoms with Crippen molar-refractivity contribution in [2.75, 3.05) is 0 Å². The monoisotopic (exact) mass is 254 g/mol. The lowest BCUT2D eigenvalue weighted by Gasteiger charge is -2.18. The second kappa shape index (κ2) is 6.50. The van der Waals surface area contributed by atoms with Crippen LogP contribution >= 0.6 is 0 Å². The summed E-state index contributed by atoms with van der Waals surface area (Å²) in [7, 11) is 0. The molecule has 1 rings (SSSR count). The van der Waals surface area contributed by atoms with Gasteiger partial charge in [0.1, 0.15) is 0 Å². The van der Waals surface area contributed by atoms with Crippen LogP contribution in [0.25, 0.3) is 0 Å². The maximum Gasteiger partial charge on any atom is 0.0893 e. The van der Waals surface area contributed by atoms with Crippen LogP contribution in [-0.4, -0.2) is 34.1 Å². The van der Waals surface area contributed by atoms with Gasteiger partial charge in [-0.25, -0.2) is 0 Å². The van der Waals surface area contributed by atoms with Gasteiger partial charge in [0.25, 0.3) is 0 Å². The van der Waals surface area contributed by atoms with Crippen LogP contribution in [0.5, 0.6) is 0 Å². The van der Waals surface area contributed by atoms with Gasteiger partial charge in [0, 0.05) is 12.3 Å². The van der Waals surface area contributed by atoms with E-state index in [-0.39, 0.29) is 24.2 Å². The fourth-order valence-electron chi connectivity index (χ4n) is 2.22. The molecule has 0 spiro atoms. The Kier molecular flexibility index (Phi) is 5.57. The summed E-state index contributed by atoms with van der Waals surface area (Å²) in [6.07, 6.45) is 8.59. The van der Waals surface area contributed by atoms with E-state index in [0.717, 1.165) is 6.42 Å². The Morgan fingerprint density at radius 1 is 1.39 bits per heavy atom. The average molecular weight is 254 g/mol. The van der Waals surface area contributed by atoms with Crippen LogP contribution in [0.1, 0.15) is 40.5 Å². The first kappa shape index (κ1) is 15.4. The molecule has 2 N–H and O–H groups in total. The predicted octanol–water partition coefficient (Wildman–Crippen LogP) is 2.43. The Labute approximate surface area is 110 Å². The third kappa shape index (κ3) is 4.56. The van der Waals surface area contributed by atoms with Crippen LogP contribution in [-0.2, 0) is 4.74 Å². The summed E-state index contributed by atoms with van der Waals surface area (Å²) in [5, 5.41) is 19.9. The lowest BCUT2D eigenvalue weighted by molar-refractivity contribution is 0.0919. The zero-order valence-corrected chi connectivity index (χ0v) is 11.8. The van der Waals surface area contributed by atoms with E-state index in [2.05, 4.69) is 0 Å². The molecular formula is C15H26O3. The van der Waals surface area contributed by atoms with Crippen molar-refractivity contribution in [2.24, 2.45) is 5.92 Å².